The molecule has 4 atom stereocenters. The zero-order valence-corrected chi connectivity index (χ0v) is 19.1. The van der Waals surface area contributed by atoms with E-state index in [1.54, 1.807) is 18.3 Å². The molecule has 2 amide bonds. The van der Waals surface area contributed by atoms with Gasteiger partial charge in [0.05, 0.1) is 0 Å². The number of nitrogens with two attached hydrogens (primary N) is 1. The first-order chi connectivity index (χ1) is 14.1. The first kappa shape index (κ1) is 21.6. The minimum Gasteiger partial charge on any atom is -0.480 e. The van der Waals surface area contributed by atoms with E-state index in [9.17, 15) is 19.5 Å². The number of thioether (sulfide) groups is 1. The van der Waals surface area contributed by atoms with Gasteiger partial charge in [-0.1, -0.05) is 19.3 Å². The molecule has 30 heavy (non-hydrogen) atoms. The Morgan fingerprint density at radius 3 is 2.53 bits per heavy atom. The summed E-state index contributed by atoms with van der Waals surface area (Å²) < 4.78 is -0.639. The number of β-lactam (4-membered cyclic amide) rings is 1. The smallest absolute Gasteiger partial charge is 0.327 e. The number of nitrogens with one attached hydrogen (secondary N) is 1. The summed E-state index contributed by atoms with van der Waals surface area (Å²) in [5.41, 5.74) is 5.10. The van der Waals surface area contributed by atoms with Crippen LogP contribution in [-0.4, -0.2) is 49.5 Å². The standard InChI is InChI=1S/C21H29N3O4S2/c1-20(2)15(17(26)27)24-18(28)21(3,19(24)30-20)23-16(25)14(22)13-10-9-12(29-13)11-7-5-4-6-8-11/h9-11,14-15,19H,4-8,22H2,1-3H3,(H,23,25)(H,26,27)/t14?,15-,19+,21?/m0/s1. The lowest BCUT2D eigenvalue weighted by Crippen LogP contribution is -2.78. The van der Waals surface area contributed by atoms with E-state index in [0.29, 0.717) is 5.92 Å². The average molecular weight is 452 g/mol. The molecule has 2 saturated heterocycles. The fourth-order valence-corrected chi connectivity index (χ4v) is 7.77. The van der Waals surface area contributed by atoms with Crippen LogP contribution in [0, 0.1) is 0 Å². The lowest BCUT2D eigenvalue weighted by Gasteiger charge is -2.51. The lowest BCUT2D eigenvalue weighted by atomic mass is 9.86. The molecule has 164 valence electrons. The van der Waals surface area contributed by atoms with E-state index >= 15 is 0 Å². The third kappa shape index (κ3) is 3.35. The Labute approximate surface area is 184 Å². The van der Waals surface area contributed by atoms with Gasteiger partial charge in [0.15, 0.2) is 0 Å². The number of carboxylic acid groups (broad SMARTS) is 1. The number of hydrogen-bond donors (Lipinski definition) is 3. The molecule has 4 N–H and O–H groups in total. The van der Waals surface area contributed by atoms with Gasteiger partial charge in [-0.25, -0.2) is 4.79 Å². The molecule has 7 nitrogen and oxygen atoms in total. The monoisotopic (exact) mass is 451 g/mol. The van der Waals surface area contributed by atoms with E-state index < -0.39 is 39.6 Å². The van der Waals surface area contributed by atoms with Crippen molar-refractivity contribution in [3.05, 3.63) is 21.9 Å². The molecule has 3 fully saturated rings. The van der Waals surface area contributed by atoms with Gasteiger partial charge >= 0.3 is 5.97 Å². The van der Waals surface area contributed by atoms with E-state index in [4.69, 9.17) is 5.73 Å². The van der Waals surface area contributed by atoms with Gasteiger partial charge in [0.25, 0.3) is 5.91 Å². The van der Waals surface area contributed by atoms with Crippen LogP contribution < -0.4 is 11.1 Å². The first-order valence-corrected chi connectivity index (χ1v) is 12.2. The molecule has 3 heterocycles. The fourth-order valence-electron chi connectivity index (χ4n) is 4.94. The molecular weight excluding hydrogens is 422 g/mol. The van der Waals surface area contributed by atoms with Crippen molar-refractivity contribution in [3.63, 3.8) is 0 Å². The van der Waals surface area contributed by atoms with E-state index in [0.717, 1.165) is 4.88 Å². The molecule has 9 heteroatoms. The largest absolute Gasteiger partial charge is 0.480 e. The van der Waals surface area contributed by atoms with Gasteiger partial charge in [0.1, 0.15) is 23.0 Å². The number of rotatable bonds is 5. The number of nitrogens with zero attached hydrogens (tertiary/aromatic N) is 1. The Bertz CT molecular complexity index is 879. The predicted molar refractivity (Wildman–Crippen MR) is 117 cm³/mol. The van der Waals surface area contributed by atoms with Crippen molar-refractivity contribution in [2.24, 2.45) is 5.73 Å². The van der Waals surface area contributed by atoms with Crippen LogP contribution in [0.3, 0.4) is 0 Å². The highest BCUT2D eigenvalue weighted by atomic mass is 32.2. The van der Waals surface area contributed by atoms with Crippen LogP contribution >= 0.6 is 23.1 Å². The third-order valence-electron chi connectivity index (χ3n) is 6.64. The molecule has 1 aliphatic carbocycles. The maximum absolute atomic E-state index is 12.9. The quantitative estimate of drug-likeness (QED) is 0.594. The molecule has 1 aromatic heterocycles. The molecular formula is C21H29N3O4S2. The number of thiophene rings is 1. The van der Waals surface area contributed by atoms with Gasteiger partial charge in [0, 0.05) is 14.5 Å². The first-order valence-electron chi connectivity index (χ1n) is 10.5. The molecule has 1 saturated carbocycles. The molecule has 2 aliphatic heterocycles. The summed E-state index contributed by atoms with van der Waals surface area (Å²) in [7, 11) is 0. The number of hydrogen-bond acceptors (Lipinski definition) is 6. The SMILES string of the molecule is CC1(C)S[C@H]2N(C(=O)C2(C)NC(=O)C(N)c2ccc(C3CCCCC3)s2)[C@H]1C(=O)O. The van der Waals surface area contributed by atoms with Crippen molar-refractivity contribution in [2.75, 3.05) is 0 Å². The Morgan fingerprint density at radius 2 is 1.90 bits per heavy atom. The van der Waals surface area contributed by atoms with Crippen molar-refractivity contribution in [1.82, 2.24) is 10.2 Å². The minimum atomic E-state index is -1.15. The Hall–Kier alpha value is -1.58. The highest BCUT2D eigenvalue weighted by Gasteiger charge is 2.70. The van der Waals surface area contributed by atoms with E-state index in [1.807, 2.05) is 19.9 Å². The molecule has 0 aromatic carbocycles. The van der Waals surface area contributed by atoms with Crippen molar-refractivity contribution < 1.29 is 19.5 Å². The van der Waals surface area contributed by atoms with Gasteiger partial charge in [-0.2, -0.15) is 0 Å². The van der Waals surface area contributed by atoms with Crippen molar-refractivity contribution in [3.8, 4) is 0 Å². The normalized spacial score (nSPS) is 31.7. The molecule has 4 rings (SSSR count). The number of carbonyl (C=O) groups is 3. The third-order valence-corrected chi connectivity index (χ3v) is 9.72. The molecule has 0 spiro atoms. The Morgan fingerprint density at radius 1 is 1.23 bits per heavy atom. The second-order valence-electron chi connectivity index (χ2n) is 9.27. The number of carbonyl (C=O) groups excluding carboxylic acids is 2. The van der Waals surface area contributed by atoms with Crippen LogP contribution in [0.1, 0.15) is 74.6 Å². The number of carboxylic acids is 1. The summed E-state index contributed by atoms with van der Waals surface area (Å²) in [6.07, 6.45) is 6.15. The summed E-state index contributed by atoms with van der Waals surface area (Å²) in [6.45, 7) is 5.29. The van der Waals surface area contributed by atoms with E-state index in [1.165, 1.54) is 53.6 Å². The van der Waals surface area contributed by atoms with E-state index in [2.05, 4.69) is 11.4 Å². The summed E-state index contributed by atoms with van der Waals surface area (Å²) in [4.78, 5) is 40.9. The zero-order chi connectivity index (χ0) is 21.8. The highest BCUT2D eigenvalue weighted by molar-refractivity contribution is 8.01. The second-order valence-corrected chi connectivity index (χ2v) is 12.2. The summed E-state index contributed by atoms with van der Waals surface area (Å²) in [5, 5.41) is 12.0. The Balaban J connectivity index is 1.46. The van der Waals surface area contributed by atoms with Crippen LogP contribution in [0.25, 0.3) is 0 Å². The van der Waals surface area contributed by atoms with Crippen LogP contribution in [0.2, 0.25) is 0 Å². The molecule has 3 aliphatic rings. The number of fused-ring (bicyclic) bond motifs is 1. The maximum Gasteiger partial charge on any atom is 0.327 e. The topological polar surface area (TPSA) is 113 Å². The zero-order valence-electron chi connectivity index (χ0n) is 17.5. The van der Waals surface area contributed by atoms with Crippen LogP contribution in [-0.2, 0) is 14.4 Å². The molecule has 0 bridgehead atoms. The van der Waals surface area contributed by atoms with E-state index in [-0.39, 0.29) is 5.91 Å². The number of amides is 2. The molecule has 0 radical (unpaired) electrons. The summed E-state index contributed by atoms with van der Waals surface area (Å²) in [6, 6.07) is 2.24. The van der Waals surface area contributed by atoms with Crippen LogP contribution in [0.15, 0.2) is 12.1 Å². The van der Waals surface area contributed by atoms with Gasteiger partial charge in [0.2, 0.25) is 5.91 Å². The predicted octanol–water partition coefficient (Wildman–Crippen LogP) is 2.82. The molecule has 1 aromatic rings. The van der Waals surface area contributed by atoms with Crippen molar-refractivity contribution >= 4 is 40.9 Å². The number of aliphatic carboxylic acids is 1. The van der Waals surface area contributed by atoms with Gasteiger partial charge in [-0.3, -0.25) is 9.59 Å². The van der Waals surface area contributed by atoms with Crippen molar-refractivity contribution in [1.29, 1.82) is 0 Å². The summed E-state index contributed by atoms with van der Waals surface area (Å²) in [5.74, 6) is -1.24. The Kier molecular flexibility index (Phi) is 5.43. The summed E-state index contributed by atoms with van der Waals surface area (Å²) >= 11 is 3.00. The van der Waals surface area contributed by atoms with Gasteiger partial charge in [-0.05, 0) is 51.7 Å². The fraction of sp³-hybridized carbons (Fsp3) is 0.667. The average Bonchev–Trinajstić information content (AvgIpc) is 3.29. The van der Waals surface area contributed by atoms with Crippen molar-refractivity contribution in [2.45, 2.75) is 86.5 Å². The van der Waals surface area contributed by atoms with Crippen LogP contribution in [0.5, 0.6) is 0 Å². The molecule has 2 unspecified atom stereocenters. The highest BCUT2D eigenvalue weighted by Crippen LogP contribution is 2.54. The van der Waals surface area contributed by atoms with Gasteiger partial charge < -0.3 is 21.1 Å². The maximum atomic E-state index is 12.9. The lowest BCUT2D eigenvalue weighted by molar-refractivity contribution is -0.168. The second kappa shape index (κ2) is 7.53. The minimum absolute atomic E-state index is 0.368. The van der Waals surface area contributed by atoms with Crippen LogP contribution in [0.4, 0.5) is 0 Å². The van der Waals surface area contributed by atoms with Gasteiger partial charge in [-0.15, -0.1) is 23.1 Å².